The highest BCUT2D eigenvalue weighted by atomic mass is 19.2. The van der Waals surface area contributed by atoms with Gasteiger partial charge in [0.1, 0.15) is 7.85 Å². The monoisotopic (exact) mass is 260 g/mol. The minimum absolute atomic E-state index is 0.510. The highest BCUT2D eigenvalue weighted by Crippen LogP contribution is 2.29. The van der Waals surface area contributed by atoms with Gasteiger partial charge < -0.3 is 0 Å². The molecule has 2 rings (SSSR count). The van der Waals surface area contributed by atoms with E-state index in [1.807, 2.05) is 0 Å². The van der Waals surface area contributed by atoms with Crippen LogP contribution in [0.25, 0.3) is 10.8 Å². The molecule has 0 nitrogen and oxygen atoms in total. The summed E-state index contributed by atoms with van der Waals surface area (Å²) in [6.07, 6.45) is 0. The lowest BCUT2D eigenvalue weighted by Gasteiger charge is -2.12. The molecule has 0 fully saturated rings. The number of fused-ring (bicyclic) bond motifs is 1. The third-order valence-corrected chi connectivity index (χ3v) is 2.68. The van der Waals surface area contributed by atoms with Gasteiger partial charge >= 0.3 is 0 Å². The van der Waals surface area contributed by atoms with E-state index in [2.05, 4.69) is 0 Å². The summed E-state index contributed by atoms with van der Waals surface area (Å²) >= 11 is 0. The lowest BCUT2D eigenvalue weighted by molar-refractivity contribution is 0.414. The molecule has 18 heavy (non-hydrogen) atoms. The van der Waals surface area contributed by atoms with Crippen LogP contribution in [0.3, 0.4) is 0 Å². The molecular weight excluding hydrogens is 257 g/mol. The largest absolute Gasteiger partial charge is 0.203 e. The van der Waals surface area contributed by atoms with E-state index in [9.17, 15) is 26.3 Å². The van der Waals surface area contributed by atoms with Gasteiger partial charge in [0, 0.05) is 5.39 Å². The fourth-order valence-electron chi connectivity index (χ4n) is 1.67. The normalized spacial score (nSPS) is 11.3. The highest BCUT2D eigenvalue weighted by molar-refractivity contribution is 6.40. The van der Waals surface area contributed by atoms with Gasteiger partial charge in [-0.3, -0.25) is 0 Å². The first kappa shape index (κ1) is 12.8. The van der Waals surface area contributed by atoms with Crippen LogP contribution in [-0.4, -0.2) is 7.85 Å². The highest BCUT2D eigenvalue weighted by Gasteiger charge is 2.27. The zero-order valence-electron chi connectivity index (χ0n) is 8.85. The molecule has 2 aromatic carbocycles. The zero-order valence-corrected chi connectivity index (χ0v) is 8.85. The average Bonchev–Trinajstić information content (AvgIpc) is 2.35. The SMILES string of the molecule is [B]c1c(C)c(F)c(F)c2c(F)c(F)c(F)c(F)c12. The topological polar surface area (TPSA) is 0 Å². The van der Waals surface area contributed by atoms with Crippen molar-refractivity contribution in [2.75, 3.05) is 0 Å². The van der Waals surface area contributed by atoms with Gasteiger partial charge in [0.2, 0.25) is 0 Å². The molecule has 0 bridgehead atoms. The quantitative estimate of drug-likeness (QED) is 0.295. The van der Waals surface area contributed by atoms with E-state index < -0.39 is 56.7 Å². The van der Waals surface area contributed by atoms with Crippen molar-refractivity contribution in [2.24, 2.45) is 0 Å². The molecule has 7 heteroatoms. The summed E-state index contributed by atoms with van der Waals surface area (Å²) in [5.74, 6) is -11.6. The van der Waals surface area contributed by atoms with Gasteiger partial charge in [0.05, 0.1) is 5.39 Å². The van der Waals surface area contributed by atoms with Crippen molar-refractivity contribution in [1.29, 1.82) is 0 Å². The molecule has 0 aliphatic heterocycles. The lowest BCUT2D eigenvalue weighted by atomic mass is 9.85. The van der Waals surface area contributed by atoms with Crippen LogP contribution in [0.15, 0.2) is 0 Å². The van der Waals surface area contributed by atoms with Crippen LogP contribution in [0, 0.1) is 41.8 Å². The summed E-state index contributed by atoms with van der Waals surface area (Å²) < 4.78 is 79.5. The summed E-state index contributed by atoms with van der Waals surface area (Å²) in [6, 6.07) is 0. The van der Waals surface area contributed by atoms with Gasteiger partial charge in [-0.2, -0.15) is 0 Å². The van der Waals surface area contributed by atoms with Crippen molar-refractivity contribution in [3.05, 3.63) is 40.5 Å². The van der Waals surface area contributed by atoms with Crippen molar-refractivity contribution in [3.8, 4) is 0 Å². The first-order valence-electron chi connectivity index (χ1n) is 4.67. The summed E-state index contributed by atoms with van der Waals surface area (Å²) in [5, 5.41) is -2.35. The number of hydrogen-bond acceptors (Lipinski definition) is 0. The van der Waals surface area contributed by atoms with Gasteiger partial charge in [-0.05, 0) is 12.5 Å². The van der Waals surface area contributed by atoms with Gasteiger partial charge in [-0.25, -0.2) is 26.3 Å². The van der Waals surface area contributed by atoms with E-state index in [0.717, 1.165) is 6.92 Å². The number of rotatable bonds is 0. The van der Waals surface area contributed by atoms with Gasteiger partial charge in [0.15, 0.2) is 34.9 Å². The minimum atomic E-state index is -2.22. The Morgan fingerprint density at radius 3 is 1.50 bits per heavy atom. The van der Waals surface area contributed by atoms with Crippen LogP contribution in [-0.2, 0) is 0 Å². The Morgan fingerprint density at radius 1 is 0.611 bits per heavy atom. The van der Waals surface area contributed by atoms with Gasteiger partial charge in [-0.15, -0.1) is 0 Å². The van der Waals surface area contributed by atoms with Crippen LogP contribution < -0.4 is 5.46 Å². The Bertz CT molecular complexity index is 567. The third-order valence-electron chi connectivity index (χ3n) is 2.68. The summed E-state index contributed by atoms with van der Waals surface area (Å²) in [6.45, 7) is 1.01. The van der Waals surface area contributed by atoms with Crippen molar-refractivity contribution in [3.63, 3.8) is 0 Å². The van der Waals surface area contributed by atoms with Crippen LogP contribution in [0.4, 0.5) is 26.3 Å². The van der Waals surface area contributed by atoms with Crippen LogP contribution in [0.1, 0.15) is 5.56 Å². The van der Waals surface area contributed by atoms with Crippen molar-refractivity contribution < 1.29 is 26.3 Å². The Kier molecular flexibility index (Phi) is 2.79. The number of hydrogen-bond donors (Lipinski definition) is 0. The standard InChI is InChI=1S/C11H3BF6/c1-2-5(12)3-4(8(15)6(2)13)9(16)11(18)10(17)7(3)14/h1H3. The second-order valence-corrected chi connectivity index (χ2v) is 3.67. The molecule has 92 valence electrons. The molecular formula is C11H3BF6. The fourth-order valence-corrected chi connectivity index (χ4v) is 1.67. The average molecular weight is 260 g/mol. The number of halogens is 6. The Morgan fingerprint density at radius 2 is 1.00 bits per heavy atom. The maximum atomic E-state index is 13.5. The predicted molar refractivity (Wildman–Crippen MR) is 53.8 cm³/mol. The Balaban J connectivity index is 3.22. The molecule has 0 spiro atoms. The molecule has 0 unspecified atom stereocenters. The Hall–Kier alpha value is -1.66. The minimum Gasteiger partial charge on any atom is -0.203 e. The van der Waals surface area contributed by atoms with Crippen molar-refractivity contribution in [2.45, 2.75) is 6.92 Å². The molecule has 0 N–H and O–H groups in total. The van der Waals surface area contributed by atoms with Crippen molar-refractivity contribution >= 4 is 24.1 Å². The molecule has 0 aliphatic rings. The van der Waals surface area contributed by atoms with Crippen LogP contribution in [0.5, 0.6) is 0 Å². The first-order chi connectivity index (χ1) is 8.29. The molecule has 2 radical (unpaired) electrons. The van der Waals surface area contributed by atoms with Gasteiger partial charge in [-0.1, -0.05) is 5.46 Å². The van der Waals surface area contributed by atoms with E-state index in [4.69, 9.17) is 7.85 Å². The van der Waals surface area contributed by atoms with E-state index in [1.165, 1.54) is 0 Å². The molecule has 0 aromatic heterocycles. The van der Waals surface area contributed by atoms with E-state index in [-0.39, 0.29) is 0 Å². The number of benzene rings is 2. The van der Waals surface area contributed by atoms with E-state index in [0.29, 0.717) is 0 Å². The molecule has 0 amide bonds. The maximum Gasteiger partial charge on any atom is 0.198 e. The van der Waals surface area contributed by atoms with Gasteiger partial charge in [0.25, 0.3) is 0 Å². The van der Waals surface area contributed by atoms with Crippen LogP contribution >= 0.6 is 0 Å². The lowest BCUT2D eigenvalue weighted by Crippen LogP contribution is -2.17. The first-order valence-corrected chi connectivity index (χ1v) is 4.67. The zero-order chi connectivity index (χ0) is 13.8. The maximum absolute atomic E-state index is 13.5. The molecule has 0 heterocycles. The Labute approximate surface area is 98.6 Å². The summed E-state index contributed by atoms with van der Waals surface area (Å²) in [7, 11) is 5.27. The second kappa shape index (κ2) is 3.93. The van der Waals surface area contributed by atoms with E-state index in [1.54, 1.807) is 0 Å². The fraction of sp³-hybridized carbons (Fsp3) is 0.0909. The second-order valence-electron chi connectivity index (χ2n) is 3.67. The third kappa shape index (κ3) is 1.42. The molecule has 0 saturated carbocycles. The van der Waals surface area contributed by atoms with E-state index >= 15 is 0 Å². The van der Waals surface area contributed by atoms with Crippen molar-refractivity contribution in [1.82, 2.24) is 0 Å². The molecule has 2 aromatic rings. The van der Waals surface area contributed by atoms with Crippen LogP contribution in [0.2, 0.25) is 0 Å². The molecule has 0 atom stereocenters. The predicted octanol–water partition coefficient (Wildman–Crippen LogP) is 2.78. The smallest absolute Gasteiger partial charge is 0.198 e. The molecule has 0 aliphatic carbocycles. The summed E-state index contributed by atoms with van der Waals surface area (Å²) in [4.78, 5) is 0. The molecule has 0 saturated heterocycles. The summed E-state index contributed by atoms with van der Waals surface area (Å²) in [5.41, 5.74) is -1.19.